The standard InChI is InChI=1S/C27H34O3/c1-16-12-23-24(2,15-21(16)30)8-10-26(4)22-7-6-17-13-19(28)20(29)14-18(17)25(22,3)9-11-27(23,26)5/h6-7,13-14,16,23,28H,8-12,15H2,1-5H3/t16-,23-,24+,25+,26-,27+/m1/s1. The molecule has 3 saturated carbocycles. The molecule has 3 heteroatoms. The summed E-state index contributed by atoms with van der Waals surface area (Å²) in [6, 6.07) is 0. The second-order valence-corrected chi connectivity index (χ2v) is 11.7. The van der Waals surface area contributed by atoms with Crippen molar-refractivity contribution in [3.8, 4) is 0 Å². The maximum atomic E-state index is 12.6. The monoisotopic (exact) mass is 406 g/mol. The lowest BCUT2D eigenvalue weighted by Crippen LogP contribution is -2.61. The first-order valence-corrected chi connectivity index (χ1v) is 11.6. The van der Waals surface area contributed by atoms with E-state index in [0.29, 0.717) is 11.7 Å². The molecule has 6 atom stereocenters. The van der Waals surface area contributed by atoms with Gasteiger partial charge < -0.3 is 5.11 Å². The molecule has 5 rings (SSSR count). The summed E-state index contributed by atoms with van der Waals surface area (Å²) in [4.78, 5) is 24.9. The maximum Gasteiger partial charge on any atom is 0.220 e. The minimum absolute atomic E-state index is 0.0411. The molecule has 0 saturated heterocycles. The van der Waals surface area contributed by atoms with Gasteiger partial charge in [-0.25, -0.2) is 0 Å². The van der Waals surface area contributed by atoms with E-state index in [2.05, 4.69) is 46.8 Å². The van der Waals surface area contributed by atoms with Gasteiger partial charge in [0.1, 0.15) is 5.78 Å². The van der Waals surface area contributed by atoms with Crippen LogP contribution in [-0.2, 0) is 9.59 Å². The van der Waals surface area contributed by atoms with E-state index < -0.39 is 0 Å². The summed E-state index contributed by atoms with van der Waals surface area (Å²) in [7, 11) is 0. The largest absolute Gasteiger partial charge is 0.504 e. The van der Waals surface area contributed by atoms with E-state index in [0.717, 1.165) is 49.7 Å². The SMILES string of the molecule is C[C@@H]1C[C@@H]2[C@@](C)(CC[C@]3(C)C4=CC=C5C=C(O)C(=O)C=C5[C@]4(C)CC[C@@]23C)CC1=O. The predicted molar refractivity (Wildman–Crippen MR) is 118 cm³/mol. The molecule has 0 spiro atoms. The fourth-order valence-electron chi connectivity index (χ4n) is 8.13. The molecule has 5 aliphatic rings. The molecule has 0 amide bonds. The van der Waals surface area contributed by atoms with Crippen LogP contribution in [0.2, 0.25) is 0 Å². The summed E-state index contributed by atoms with van der Waals surface area (Å²) in [5, 5.41) is 9.96. The van der Waals surface area contributed by atoms with Gasteiger partial charge in [0.15, 0.2) is 5.76 Å². The Morgan fingerprint density at radius 3 is 2.43 bits per heavy atom. The van der Waals surface area contributed by atoms with E-state index in [1.165, 1.54) is 5.57 Å². The molecule has 0 bridgehead atoms. The topological polar surface area (TPSA) is 54.4 Å². The van der Waals surface area contributed by atoms with Crippen LogP contribution in [0.1, 0.15) is 73.1 Å². The van der Waals surface area contributed by atoms with Crippen LogP contribution in [0.5, 0.6) is 0 Å². The number of rotatable bonds is 0. The van der Waals surface area contributed by atoms with Crippen molar-refractivity contribution in [3.05, 3.63) is 46.8 Å². The zero-order valence-corrected chi connectivity index (χ0v) is 19.0. The fourth-order valence-corrected chi connectivity index (χ4v) is 8.13. The highest BCUT2D eigenvalue weighted by molar-refractivity contribution is 6.05. The summed E-state index contributed by atoms with van der Waals surface area (Å²) in [5.41, 5.74) is 3.62. The number of hydrogen-bond acceptors (Lipinski definition) is 3. The van der Waals surface area contributed by atoms with E-state index in [9.17, 15) is 14.7 Å². The van der Waals surface area contributed by atoms with Gasteiger partial charge in [0.25, 0.3) is 0 Å². The number of Topliss-reactive ketones (excluding diaryl/α,β-unsaturated/α-hetero) is 1. The number of hydrogen-bond donors (Lipinski definition) is 1. The molecule has 0 aliphatic heterocycles. The van der Waals surface area contributed by atoms with Crippen molar-refractivity contribution in [2.45, 2.75) is 73.1 Å². The van der Waals surface area contributed by atoms with Crippen molar-refractivity contribution >= 4 is 11.6 Å². The van der Waals surface area contributed by atoms with Crippen molar-refractivity contribution in [2.75, 3.05) is 0 Å². The van der Waals surface area contributed by atoms with E-state index in [1.54, 1.807) is 12.2 Å². The van der Waals surface area contributed by atoms with Gasteiger partial charge in [0.05, 0.1) is 0 Å². The van der Waals surface area contributed by atoms with Crippen molar-refractivity contribution in [1.82, 2.24) is 0 Å². The summed E-state index contributed by atoms with van der Waals surface area (Å²) < 4.78 is 0. The number of carbonyl (C=O) groups excluding carboxylic acids is 2. The van der Waals surface area contributed by atoms with Gasteiger partial charge in [-0.05, 0) is 77.6 Å². The lowest BCUT2D eigenvalue weighted by Gasteiger charge is -2.69. The predicted octanol–water partition coefficient (Wildman–Crippen LogP) is 6.03. The molecular formula is C27H34O3. The highest BCUT2D eigenvalue weighted by atomic mass is 16.3. The number of aliphatic hydroxyl groups excluding tert-OH is 1. The average molecular weight is 407 g/mol. The Bertz CT molecular complexity index is 994. The van der Waals surface area contributed by atoms with Crippen molar-refractivity contribution < 1.29 is 14.7 Å². The van der Waals surface area contributed by atoms with Gasteiger partial charge in [-0.3, -0.25) is 9.59 Å². The lowest BCUT2D eigenvalue weighted by atomic mass is 9.35. The van der Waals surface area contributed by atoms with Crippen molar-refractivity contribution in [2.24, 2.45) is 33.5 Å². The van der Waals surface area contributed by atoms with Gasteiger partial charge in [0, 0.05) is 17.8 Å². The van der Waals surface area contributed by atoms with E-state index >= 15 is 0 Å². The summed E-state index contributed by atoms with van der Waals surface area (Å²) in [5.74, 6) is 0.710. The number of carbonyl (C=O) groups is 2. The zero-order chi connectivity index (χ0) is 21.7. The Hall–Kier alpha value is -1.90. The third-order valence-corrected chi connectivity index (χ3v) is 10.3. The molecule has 30 heavy (non-hydrogen) atoms. The van der Waals surface area contributed by atoms with Crippen LogP contribution in [0.15, 0.2) is 46.8 Å². The van der Waals surface area contributed by atoms with Crippen molar-refractivity contribution in [1.29, 1.82) is 0 Å². The Morgan fingerprint density at radius 1 is 0.967 bits per heavy atom. The van der Waals surface area contributed by atoms with Gasteiger partial charge in [-0.15, -0.1) is 0 Å². The highest BCUT2D eigenvalue weighted by Crippen LogP contribution is 2.74. The van der Waals surface area contributed by atoms with E-state index in [1.807, 2.05) is 0 Å². The van der Waals surface area contributed by atoms with Crippen LogP contribution < -0.4 is 0 Å². The van der Waals surface area contributed by atoms with Gasteiger partial charge in [-0.2, -0.15) is 0 Å². The highest BCUT2D eigenvalue weighted by Gasteiger charge is 2.66. The Morgan fingerprint density at radius 2 is 1.70 bits per heavy atom. The van der Waals surface area contributed by atoms with E-state index in [4.69, 9.17) is 0 Å². The van der Waals surface area contributed by atoms with Gasteiger partial charge >= 0.3 is 0 Å². The molecule has 3 nitrogen and oxygen atoms in total. The average Bonchev–Trinajstić information content (AvgIpc) is 2.68. The van der Waals surface area contributed by atoms with Crippen molar-refractivity contribution in [3.63, 3.8) is 0 Å². The normalized spacial score (nSPS) is 47.6. The zero-order valence-electron chi connectivity index (χ0n) is 19.0. The second kappa shape index (κ2) is 5.87. The van der Waals surface area contributed by atoms with Crippen LogP contribution in [0.25, 0.3) is 0 Å². The number of allylic oxidation sites excluding steroid dienone is 7. The third kappa shape index (κ3) is 2.27. The molecule has 0 unspecified atom stereocenters. The molecular weight excluding hydrogens is 372 g/mol. The van der Waals surface area contributed by atoms with Crippen LogP contribution in [0, 0.1) is 33.5 Å². The molecule has 0 heterocycles. The minimum Gasteiger partial charge on any atom is -0.504 e. The van der Waals surface area contributed by atoms with Gasteiger partial charge in [0.2, 0.25) is 5.78 Å². The molecule has 1 N–H and O–H groups in total. The fraction of sp³-hybridized carbons (Fsp3) is 0.630. The molecule has 0 aromatic carbocycles. The molecule has 0 aromatic rings. The summed E-state index contributed by atoms with van der Waals surface area (Å²) in [6.07, 6.45) is 13.7. The third-order valence-electron chi connectivity index (χ3n) is 10.3. The van der Waals surface area contributed by atoms with Gasteiger partial charge in [-0.1, -0.05) is 52.3 Å². The van der Waals surface area contributed by atoms with Crippen LogP contribution in [0.3, 0.4) is 0 Å². The molecule has 0 aromatic heterocycles. The Balaban J connectivity index is 1.64. The maximum absolute atomic E-state index is 12.6. The molecule has 160 valence electrons. The lowest BCUT2D eigenvalue weighted by molar-refractivity contribution is -0.161. The minimum atomic E-state index is -0.279. The number of fused-ring (bicyclic) bond motifs is 7. The summed E-state index contributed by atoms with van der Waals surface area (Å²) >= 11 is 0. The first-order chi connectivity index (χ1) is 13.9. The number of aliphatic hydroxyl groups is 1. The molecule has 5 aliphatic carbocycles. The smallest absolute Gasteiger partial charge is 0.220 e. The Kier molecular flexibility index (Phi) is 3.92. The number of ketones is 2. The Labute approximate surface area is 180 Å². The van der Waals surface area contributed by atoms with Crippen LogP contribution in [0.4, 0.5) is 0 Å². The molecule has 0 radical (unpaired) electrons. The first-order valence-electron chi connectivity index (χ1n) is 11.6. The van der Waals surface area contributed by atoms with E-state index in [-0.39, 0.29) is 39.1 Å². The van der Waals surface area contributed by atoms with Crippen LogP contribution >= 0.6 is 0 Å². The molecule has 3 fully saturated rings. The van der Waals surface area contributed by atoms with Crippen LogP contribution in [-0.4, -0.2) is 16.7 Å². The second-order valence-electron chi connectivity index (χ2n) is 11.7. The first kappa shape index (κ1) is 20.0. The quantitative estimate of drug-likeness (QED) is 0.534. The summed E-state index contributed by atoms with van der Waals surface area (Å²) in [6.45, 7) is 11.7.